The molecule has 0 aliphatic carbocycles. The lowest BCUT2D eigenvalue weighted by atomic mass is 10.0. The summed E-state index contributed by atoms with van der Waals surface area (Å²) < 4.78 is 20.5. The molecule has 9 heteroatoms. The van der Waals surface area contributed by atoms with Crippen LogP contribution in [0.4, 0.5) is 4.39 Å². The highest BCUT2D eigenvalue weighted by Crippen LogP contribution is 2.27. The number of nitrogens with zero attached hydrogens (tertiary/aromatic N) is 4. The summed E-state index contributed by atoms with van der Waals surface area (Å²) >= 11 is 1.66. The summed E-state index contributed by atoms with van der Waals surface area (Å²) in [5.41, 5.74) is 2.68. The highest BCUT2D eigenvalue weighted by atomic mass is 32.1. The molecule has 2 aliphatic rings. The Morgan fingerprint density at radius 1 is 1.18 bits per heavy atom. The number of aliphatic hydroxyl groups excluding tert-OH is 1. The van der Waals surface area contributed by atoms with Crippen molar-refractivity contribution >= 4 is 27.3 Å². The molecule has 3 atom stereocenters. The van der Waals surface area contributed by atoms with Crippen LogP contribution < -0.4 is 4.74 Å². The predicted molar refractivity (Wildman–Crippen MR) is 131 cm³/mol. The topological polar surface area (TPSA) is 70.4 Å². The smallest absolute Gasteiger partial charge is 0.178 e. The molecule has 1 unspecified atom stereocenters. The Bertz CT molecular complexity index is 1160. The summed E-state index contributed by atoms with van der Waals surface area (Å²) in [6.45, 7) is 7.81. The van der Waals surface area contributed by atoms with E-state index in [4.69, 9.17) is 9.57 Å². The van der Waals surface area contributed by atoms with Gasteiger partial charge in [0.2, 0.25) is 0 Å². The molecule has 0 spiro atoms. The predicted octanol–water partition coefficient (Wildman–Crippen LogP) is 3.64. The molecule has 0 radical (unpaired) electrons. The van der Waals surface area contributed by atoms with Crippen LogP contribution in [0.15, 0.2) is 47.6 Å². The van der Waals surface area contributed by atoms with Crippen molar-refractivity contribution in [1.29, 1.82) is 0 Å². The van der Waals surface area contributed by atoms with E-state index < -0.39 is 12.3 Å². The second-order valence-corrected chi connectivity index (χ2v) is 10.2. The lowest BCUT2D eigenvalue weighted by Gasteiger charge is -2.40. The van der Waals surface area contributed by atoms with E-state index in [0.717, 1.165) is 65.0 Å². The van der Waals surface area contributed by atoms with Crippen LogP contribution in [0.25, 0.3) is 10.2 Å². The first-order valence-corrected chi connectivity index (χ1v) is 12.4. The number of fused-ring (bicyclic) bond motifs is 1. The first-order chi connectivity index (χ1) is 16.4. The van der Waals surface area contributed by atoms with Crippen molar-refractivity contribution in [3.8, 4) is 5.75 Å². The van der Waals surface area contributed by atoms with E-state index in [0.29, 0.717) is 6.42 Å². The molecule has 1 N–H and O–H groups in total. The van der Waals surface area contributed by atoms with E-state index in [1.54, 1.807) is 30.4 Å². The molecule has 0 saturated carbocycles. The van der Waals surface area contributed by atoms with Crippen molar-refractivity contribution in [1.82, 2.24) is 14.8 Å². The number of thiazole rings is 1. The Balaban J connectivity index is 1.14. The Morgan fingerprint density at radius 2 is 1.94 bits per heavy atom. The van der Waals surface area contributed by atoms with Crippen molar-refractivity contribution in [2.45, 2.75) is 38.7 Å². The molecule has 1 saturated heterocycles. The first kappa shape index (κ1) is 23.2. The first-order valence-electron chi connectivity index (χ1n) is 11.6. The minimum absolute atomic E-state index is 0.0105. The van der Waals surface area contributed by atoms with Crippen LogP contribution in [-0.4, -0.2) is 76.8 Å². The van der Waals surface area contributed by atoms with E-state index >= 15 is 0 Å². The Morgan fingerprint density at radius 3 is 2.68 bits per heavy atom. The van der Waals surface area contributed by atoms with Gasteiger partial charge in [0.05, 0.1) is 20.9 Å². The SMILES string of the molecule is Cc1nc2cc(OC([C@@H](C)O)N3CCN(C[C@H]4CC(c5ccc(F)cc5)=NO4)CC3)ccc2s1. The van der Waals surface area contributed by atoms with Gasteiger partial charge in [-0.15, -0.1) is 11.3 Å². The molecule has 5 rings (SSSR count). The van der Waals surface area contributed by atoms with Gasteiger partial charge in [0.1, 0.15) is 23.8 Å². The third-order valence-corrected chi connectivity index (χ3v) is 7.23. The average molecular weight is 485 g/mol. The zero-order chi connectivity index (χ0) is 23.7. The largest absolute Gasteiger partial charge is 0.472 e. The number of benzene rings is 2. The number of aliphatic hydroxyl groups is 1. The summed E-state index contributed by atoms with van der Waals surface area (Å²) in [7, 11) is 0. The molecule has 2 aliphatic heterocycles. The van der Waals surface area contributed by atoms with Gasteiger partial charge in [0, 0.05) is 45.2 Å². The van der Waals surface area contributed by atoms with Crippen LogP contribution in [0.3, 0.4) is 0 Å². The van der Waals surface area contributed by atoms with Crippen LogP contribution in [0.5, 0.6) is 5.75 Å². The van der Waals surface area contributed by atoms with Crippen molar-refractivity contribution in [2.24, 2.45) is 5.16 Å². The fraction of sp³-hybridized carbons (Fsp3) is 0.440. The highest BCUT2D eigenvalue weighted by Gasteiger charge is 2.31. The number of halogens is 1. The second-order valence-electron chi connectivity index (χ2n) is 8.92. The van der Waals surface area contributed by atoms with Gasteiger partial charge in [-0.1, -0.05) is 17.3 Å². The van der Waals surface area contributed by atoms with Crippen LogP contribution >= 0.6 is 11.3 Å². The molecule has 180 valence electrons. The molecule has 1 fully saturated rings. The van der Waals surface area contributed by atoms with Gasteiger partial charge in [-0.05, 0) is 43.7 Å². The van der Waals surface area contributed by atoms with E-state index in [-0.39, 0.29) is 11.9 Å². The summed E-state index contributed by atoms with van der Waals surface area (Å²) in [6, 6.07) is 12.3. The third-order valence-electron chi connectivity index (χ3n) is 6.27. The lowest BCUT2D eigenvalue weighted by molar-refractivity contribution is -0.0779. The van der Waals surface area contributed by atoms with E-state index in [9.17, 15) is 9.50 Å². The maximum absolute atomic E-state index is 13.2. The Labute approximate surface area is 202 Å². The minimum atomic E-state index is -0.635. The number of piperazine rings is 1. The molecular weight excluding hydrogens is 455 g/mol. The molecule has 0 bridgehead atoms. The van der Waals surface area contributed by atoms with Gasteiger partial charge >= 0.3 is 0 Å². The van der Waals surface area contributed by atoms with Crippen molar-refractivity contribution in [3.63, 3.8) is 0 Å². The number of rotatable bonds is 7. The molecule has 0 amide bonds. The molecule has 7 nitrogen and oxygen atoms in total. The molecular formula is C25H29FN4O3S. The van der Waals surface area contributed by atoms with Gasteiger partial charge in [-0.3, -0.25) is 9.80 Å². The number of aromatic nitrogens is 1. The fourth-order valence-electron chi connectivity index (χ4n) is 4.54. The van der Waals surface area contributed by atoms with Gasteiger partial charge in [0.15, 0.2) is 6.23 Å². The molecule has 2 aromatic carbocycles. The maximum Gasteiger partial charge on any atom is 0.178 e. The lowest BCUT2D eigenvalue weighted by Crippen LogP contribution is -2.56. The normalized spacial score (nSPS) is 21.3. The zero-order valence-corrected chi connectivity index (χ0v) is 20.2. The van der Waals surface area contributed by atoms with Crippen LogP contribution in [-0.2, 0) is 4.84 Å². The average Bonchev–Trinajstić information content (AvgIpc) is 3.43. The third kappa shape index (κ3) is 5.22. The van der Waals surface area contributed by atoms with Crippen molar-refractivity contribution < 1.29 is 19.1 Å². The zero-order valence-electron chi connectivity index (χ0n) is 19.4. The monoisotopic (exact) mass is 484 g/mol. The summed E-state index contributed by atoms with van der Waals surface area (Å²) in [5.74, 6) is 0.465. The number of ether oxygens (including phenoxy) is 1. The van der Waals surface area contributed by atoms with Crippen LogP contribution in [0, 0.1) is 12.7 Å². The van der Waals surface area contributed by atoms with E-state index in [1.807, 2.05) is 25.1 Å². The Kier molecular flexibility index (Phi) is 6.78. The highest BCUT2D eigenvalue weighted by molar-refractivity contribution is 7.18. The second kappa shape index (κ2) is 9.95. The molecule has 34 heavy (non-hydrogen) atoms. The van der Waals surface area contributed by atoms with Crippen molar-refractivity contribution in [2.75, 3.05) is 32.7 Å². The number of hydrogen-bond donors (Lipinski definition) is 1. The number of hydrogen-bond acceptors (Lipinski definition) is 8. The van der Waals surface area contributed by atoms with Crippen LogP contribution in [0.2, 0.25) is 0 Å². The van der Waals surface area contributed by atoms with Gasteiger partial charge in [0.25, 0.3) is 0 Å². The minimum Gasteiger partial charge on any atom is -0.472 e. The molecule has 3 heterocycles. The summed E-state index contributed by atoms with van der Waals surface area (Å²) in [6.07, 6.45) is -0.354. The molecule has 1 aromatic heterocycles. The summed E-state index contributed by atoms with van der Waals surface area (Å²) in [5, 5.41) is 15.7. The summed E-state index contributed by atoms with van der Waals surface area (Å²) in [4.78, 5) is 14.7. The van der Waals surface area contributed by atoms with E-state index in [2.05, 4.69) is 19.9 Å². The molecule has 3 aromatic rings. The van der Waals surface area contributed by atoms with Crippen LogP contribution in [0.1, 0.15) is 23.9 Å². The fourth-order valence-corrected chi connectivity index (χ4v) is 5.35. The number of aryl methyl sites for hydroxylation is 1. The van der Waals surface area contributed by atoms with Crippen molar-refractivity contribution in [3.05, 3.63) is 58.9 Å². The number of oxime groups is 1. The Hall–Kier alpha value is -2.59. The van der Waals surface area contributed by atoms with E-state index in [1.165, 1.54) is 12.1 Å². The van der Waals surface area contributed by atoms with Gasteiger partial charge in [-0.25, -0.2) is 9.37 Å². The quantitative estimate of drug-likeness (QED) is 0.552. The standard InChI is InChI=1S/C25H29FN4O3S/c1-16(31)25(32-20-7-8-24-23(13-20)27-17(2)34-24)30-11-9-29(10-12-30)15-21-14-22(28-33-21)18-3-5-19(26)6-4-18/h3-8,13,16,21,25,31H,9-12,14-15H2,1-2H3/t16-,21-,25?/m1/s1. The van der Waals surface area contributed by atoms with Gasteiger partial charge < -0.3 is 14.7 Å². The van der Waals surface area contributed by atoms with Gasteiger partial charge in [-0.2, -0.15) is 0 Å². The maximum atomic E-state index is 13.2.